The minimum atomic E-state index is -1.61. The van der Waals surface area contributed by atoms with Crippen LogP contribution in [0.1, 0.15) is 20.8 Å². The molecule has 0 saturated carbocycles. The summed E-state index contributed by atoms with van der Waals surface area (Å²) in [6.07, 6.45) is 21.1. The first-order valence-corrected chi connectivity index (χ1v) is 46.0. The summed E-state index contributed by atoms with van der Waals surface area (Å²) in [5, 5.41) is 35.7. The van der Waals surface area contributed by atoms with Gasteiger partial charge in [0.2, 0.25) is 0 Å². The van der Waals surface area contributed by atoms with E-state index in [0.717, 1.165) is 110 Å². The molecule has 126 heavy (non-hydrogen) atoms. The highest BCUT2D eigenvalue weighted by molar-refractivity contribution is 9.11. The number of halogens is 4. The number of nitrogens with one attached hydrogen (secondary N) is 7. The Kier molecular flexibility index (Phi) is 23.9. The molecule has 6 amide bonds. The third-order valence-corrected chi connectivity index (χ3v) is 27.1. The molecule has 0 radical (unpaired) electrons. The lowest BCUT2D eigenvalue weighted by Gasteiger charge is -2.33. The quantitative estimate of drug-likeness (QED) is 0.0671. The fourth-order valence-corrected chi connectivity index (χ4v) is 19.9. The summed E-state index contributed by atoms with van der Waals surface area (Å²) < 4.78 is 125. The van der Waals surface area contributed by atoms with Crippen LogP contribution in [0.2, 0.25) is 5.02 Å². The van der Waals surface area contributed by atoms with Crippen molar-refractivity contribution in [2.45, 2.75) is 32.9 Å². The maximum absolute atomic E-state index is 13.0. The first kappa shape index (κ1) is 85.0. The molecule has 7 N–H and O–H groups in total. The molecule has 0 aliphatic carbocycles. The van der Waals surface area contributed by atoms with Gasteiger partial charge in [0, 0.05) is 118 Å². The van der Waals surface area contributed by atoms with E-state index < -0.39 is 71.8 Å². The topological polar surface area (TPSA) is 453 Å². The molecule has 8 aliphatic rings. The smallest absolute Gasteiger partial charge is 0.258 e. The third-order valence-electron chi connectivity index (χ3n) is 19.4. The van der Waals surface area contributed by atoms with E-state index in [1.54, 1.807) is 68.6 Å². The summed E-state index contributed by atoms with van der Waals surface area (Å²) in [5.74, 6) is 1.09. The SMILES string of the molecule is CC(C)N1CCOc2cc(-c3ccc4c(cnn4C4=CC(=O)NS4=O)c3)cnc21.CC1COc2cc(-c3ccc4c(cnn4C4=CC(=O)NS4=O)c3)cnc2N1.COc1cc(Br)c2cnn(C3=CC(=O)NS3=O)c2c1.O=C1C=C(n2ncc3cc(Cl)ccc32)S(=O)N1.O=C1C=C(n2ncc3cc(F)ccc32)S(=O)N1.O=C1C=C(n2ncc3ccc(Br)cc32)S(=O)N1. The van der Waals surface area contributed by atoms with E-state index in [1.165, 1.54) is 88.9 Å². The number of carbonyl (C=O) groups excluding carboxylic acids is 6. The van der Waals surface area contributed by atoms with E-state index in [-0.39, 0.29) is 46.4 Å². The molecule has 14 aromatic rings. The van der Waals surface area contributed by atoms with Crippen molar-refractivity contribution in [3.05, 3.63) is 221 Å². The zero-order valence-electron chi connectivity index (χ0n) is 65.1. The van der Waals surface area contributed by atoms with E-state index >= 15 is 0 Å². The van der Waals surface area contributed by atoms with Crippen molar-refractivity contribution in [3.8, 4) is 39.5 Å². The molecule has 16 heterocycles. The molecular weight excluding hydrogens is 1900 g/mol. The number of ether oxygens (including phenoxy) is 3. The van der Waals surface area contributed by atoms with Gasteiger partial charge in [-0.1, -0.05) is 45.7 Å². The number of aromatic nitrogens is 14. The van der Waals surface area contributed by atoms with Gasteiger partial charge in [-0.3, -0.25) is 57.1 Å². The third kappa shape index (κ3) is 17.4. The zero-order valence-corrected chi connectivity index (χ0v) is 73.9. The van der Waals surface area contributed by atoms with Gasteiger partial charge in [-0.25, -0.2) is 67.7 Å². The number of nitrogens with zero attached hydrogens (tertiary/aromatic N) is 15. The fraction of sp³-hybridized carbons (Fsp3) is 0.114. The van der Waals surface area contributed by atoms with Crippen molar-refractivity contribution in [1.82, 2.24) is 97.0 Å². The number of anilines is 2. The standard InChI is InChI=1S/C20H19N5O3S.C18H15N5O3S.C11H8BrN3O3S.C10H6BrN3O2S.C10H6ClN3O2S.C10H6FN3O2S/c1-12(2)24-5-6-28-17-8-14(10-21-20(17)24)13-3-4-16-15(7-13)11-22-25(16)19-9-18(26)23-29(19)27;1-10-9-26-15-5-12(7-19-18(15)21-10)11-2-3-14-13(4-11)8-20-23(14)17-6-16(24)22-27(17)25;1-18-6-2-8(12)7-5-13-15(9(7)3-6)11-4-10(16)14-19(11)17;11-7-2-1-6-5-12-14(8(6)3-7)10-4-9(15)13-17(10)16;2*11-7-1-2-8-6(3-7)5-12-14(8)10-4-9(15)13-17(10)16/h3-4,7-12H,5-6H2,1-2H3,(H,23,26);2-8,10H,9H2,1H3,(H,19,21)(H,22,24);2-5H,1H3,(H,14,16);3*1-5H,(H,13,15). The van der Waals surface area contributed by atoms with Crippen LogP contribution in [0, 0.1) is 5.82 Å². The molecule has 6 aromatic carbocycles. The fourth-order valence-electron chi connectivity index (χ4n) is 13.6. The van der Waals surface area contributed by atoms with Crippen LogP contribution in [0.4, 0.5) is 16.0 Å². The number of rotatable bonds is 10. The highest BCUT2D eigenvalue weighted by Gasteiger charge is 2.31. The van der Waals surface area contributed by atoms with E-state index in [4.69, 9.17) is 25.8 Å². The molecule has 7 unspecified atom stereocenters. The average Bonchev–Trinajstić information content (AvgIpc) is 1.59. The predicted octanol–water partition coefficient (Wildman–Crippen LogP) is 9.02. The van der Waals surface area contributed by atoms with Gasteiger partial charge >= 0.3 is 0 Å². The minimum Gasteiger partial charge on any atom is -0.497 e. The Hall–Kier alpha value is -13.2. The van der Waals surface area contributed by atoms with E-state index in [2.05, 4.69) is 125 Å². The van der Waals surface area contributed by atoms with Crippen molar-refractivity contribution >= 4 is 252 Å². The van der Waals surface area contributed by atoms with Crippen LogP contribution in [-0.4, -0.2) is 168 Å². The largest absolute Gasteiger partial charge is 0.497 e. The summed E-state index contributed by atoms with van der Waals surface area (Å²) in [5.41, 5.74) is 8.24. The highest BCUT2D eigenvalue weighted by atomic mass is 79.9. The lowest BCUT2D eigenvalue weighted by Crippen LogP contribution is -2.38. The van der Waals surface area contributed by atoms with Gasteiger partial charge in [0.1, 0.15) is 24.8 Å². The summed E-state index contributed by atoms with van der Waals surface area (Å²) in [6, 6.07) is 34.9. The van der Waals surface area contributed by atoms with Crippen LogP contribution in [-0.2, 0) is 94.7 Å². The van der Waals surface area contributed by atoms with Crippen molar-refractivity contribution in [1.29, 1.82) is 0 Å². The highest BCUT2D eigenvalue weighted by Crippen LogP contribution is 2.39. The Labute approximate surface area is 746 Å². The molecular formula is C79H60Br2ClFN22O15S6. The van der Waals surface area contributed by atoms with E-state index in [1.807, 2.05) is 85.9 Å². The van der Waals surface area contributed by atoms with Crippen molar-refractivity contribution in [3.63, 3.8) is 0 Å². The van der Waals surface area contributed by atoms with E-state index in [9.17, 15) is 58.4 Å². The van der Waals surface area contributed by atoms with Gasteiger partial charge in [0.25, 0.3) is 35.4 Å². The summed E-state index contributed by atoms with van der Waals surface area (Å²) in [4.78, 5) is 78.8. The second-order valence-electron chi connectivity index (χ2n) is 28.0. The molecule has 8 aromatic heterocycles. The molecule has 7 atom stereocenters. The molecule has 0 bridgehead atoms. The number of pyridine rings is 2. The molecule has 0 spiro atoms. The monoisotopic (exact) mass is 1960 g/mol. The molecule has 0 fully saturated rings. The number of methoxy groups -OCH3 is 1. The number of benzene rings is 6. The van der Waals surface area contributed by atoms with Crippen LogP contribution >= 0.6 is 43.5 Å². The second-order valence-corrected chi connectivity index (χ2v) is 37.1. The van der Waals surface area contributed by atoms with Gasteiger partial charge in [0.05, 0.1) is 90.0 Å². The van der Waals surface area contributed by atoms with Crippen molar-refractivity contribution in [2.75, 3.05) is 37.1 Å². The molecule has 37 nitrogen and oxygen atoms in total. The van der Waals surface area contributed by atoms with Gasteiger partial charge < -0.3 is 24.4 Å². The lowest BCUT2D eigenvalue weighted by atomic mass is 10.1. The van der Waals surface area contributed by atoms with Crippen LogP contribution in [0.5, 0.6) is 17.2 Å². The average molecular weight is 1960 g/mol. The zero-order chi connectivity index (χ0) is 88.2. The number of fused-ring (bicyclic) bond motifs is 8. The minimum absolute atomic E-state index is 0.231. The van der Waals surface area contributed by atoms with Crippen LogP contribution in [0.3, 0.4) is 0 Å². The molecule has 8 aliphatic heterocycles. The summed E-state index contributed by atoms with van der Waals surface area (Å²) in [6.45, 7) is 8.40. The maximum Gasteiger partial charge on any atom is 0.258 e. The van der Waals surface area contributed by atoms with Crippen LogP contribution in [0.15, 0.2) is 210 Å². The summed E-state index contributed by atoms with van der Waals surface area (Å²) >= 11 is 12.7. The molecule has 640 valence electrons. The van der Waals surface area contributed by atoms with Crippen molar-refractivity contribution in [2.24, 2.45) is 0 Å². The molecule has 47 heteroatoms. The Morgan fingerprint density at radius 1 is 0.444 bits per heavy atom. The predicted molar refractivity (Wildman–Crippen MR) is 482 cm³/mol. The Balaban J connectivity index is 0.000000108. The second kappa shape index (κ2) is 35.4. The van der Waals surface area contributed by atoms with Gasteiger partial charge in [-0.15, -0.1) is 0 Å². The number of amides is 6. The molecule has 0 saturated heterocycles. The Bertz CT molecular complexity index is 7260. The maximum atomic E-state index is 13.0. The first-order valence-electron chi connectivity index (χ1n) is 37.2. The normalized spacial score (nSPS) is 19.5. The van der Waals surface area contributed by atoms with Gasteiger partial charge in [-0.2, -0.15) is 30.6 Å². The first-order chi connectivity index (χ1) is 60.6. The summed E-state index contributed by atoms with van der Waals surface area (Å²) in [7, 11) is -7.91. The Morgan fingerprint density at radius 2 is 0.857 bits per heavy atom. The van der Waals surface area contributed by atoms with Crippen molar-refractivity contribution < 1.29 is 72.6 Å². The number of hydrogen-bond donors (Lipinski definition) is 7. The lowest BCUT2D eigenvalue weighted by molar-refractivity contribution is -0.115. The van der Waals surface area contributed by atoms with Gasteiger partial charge in [-0.05, 0) is 139 Å². The van der Waals surface area contributed by atoms with E-state index in [0.29, 0.717) is 71.6 Å². The Morgan fingerprint density at radius 3 is 1.32 bits per heavy atom. The number of carbonyl (C=O) groups is 6. The van der Waals surface area contributed by atoms with Gasteiger partial charge in [0.15, 0.2) is 119 Å². The molecule has 22 rings (SSSR count). The van der Waals surface area contributed by atoms with Crippen LogP contribution < -0.4 is 52.8 Å². The van der Waals surface area contributed by atoms with Crippen LogP contribution in [0.25, 0.3) is 118 Å². The number of hydrogen-bond acceptors (Lipinski definition) is 25.